The van der Waals surface area contributed by atoms with Crippen molar-refractivity contribution >= 4 is 5.91 Å². The molecule has 0 bridgehead atoms. The van der Waals surface area contributed by atoms with E-state index in [1.807, 2.05) is 12.1 Å². The second-order valence-electron chi connectivity index (χ2n) is 6.98. The van der Waals surface area contributed by atoms with Gasteiger partial charge in [0.1, 0.15) is 5.69 Å². The summed E-state index contributed by atoms with van der Waals surface area (Å²) in [4.78, 5) is 23.1. The third-order valence-electron chi connectivity index (χ3n) is 4.86. The molecular formula is C21H28N4O3. The fraction of sp³-hybridized carbons (Fsp3) is 0.476. The molecule has 150 valence electrons. The zero-order valence-corrected chi connectivity index (χ0v) is 16.6. The molecule has 1 aliphatic heterocycles. The second kappa shape index (κ2) is 10.0. The third-order valence-corrected chi connectivity index (χ3v) is 4.86. The number of hydrogen-bond donors (Lipinski definition) is 1. The number of methoxy groups -OCH3 is 2. The molecule has 0 radical (unpaired) electrons. The van der Waals surface area contributed by atoms with Gasteiger partial charge in [-0.2, -0.15) is 9.97 Å². The van der Waals surface area contributed by atoms with Gasteiger partial charge in [0.25, 0.3) is 5.91 Å². The lowest BCUT2D eigenvalue weighted by atomic mass is 10.1. The number of benzene rings is 1. The summed E-state index contributed by atoms with van der Waals surface area (Å²) in [6.45, 7) is 3.72. The van der Waals surface area contributed by atoms with Crippen molar-refractivity contribution in [3.63, 3.8) is 0 Å². The fourth-order valence-corrected chi connectivity index (χ4v) is 3.38. The van der Waals surface area contributed by atoms with Crippen LogP contribution in [-0.2, 0) is 13.1 Å². The Hall–Kier alpha value is -2.67. The second-order valence-corrected chi connectivity index (χ2v) is 6.98. The van der Waals surface area contributed by atoms with Gasteiger partial charge in [-0.05, 0) is 37.1 Å². The average molecular weight is 384 g/mol. The molecule has 7 heteroatoms. The molecule has 0 unspecified atom stereocenters. The summed E-state index contributed by atoms with van der Waals surface area (Å²) < 4.78 is 10.1. The molecule has 0 aliphatic carbocycles. The van der Waals surface area contributed by atoms with E-state index < -0.39 is 0 Å². The number of hydrogen-bond acceptors (Lipinski definition) is 6. The van der Waals surface area contributed by atoms with Crippen LogP contribution in [0.5, 0.6) is 11.9 Å². The molecular weight excluding hydrogens is 356 g/mol. The number of aromatic nitrogens is 2. The van der Waals surface area contributed by atoms with Gasteiger partial charge in [0.2, 0.25) is 5.88 Å². The number of carbonyl (C=O) groups excluding carboxylic acids is 1. The first-order chi connectivity index (χ1) is 13.7. The van der Waals surface area contributed by atoms with Crippen molar-refractivity contribution in [2.75, 3.05) is 27.3 Å². The molecule has 0 spiro atoms. The van der Waals surface area contributed by atoms with Crippen molar-refractivity contribution in [3.8, 4) is 11.9 Å². The number of nitrogens with zero attached hydrogens (tertiary/aromatic N) is 3. The highest BCUT2D eigenvalue weighted by Crippen LogP contribution is 2.15. The molecule has 1 aromatic heterocycles. The number of carbonyl (C=O) groups is 1. The monoisotopic (exact) mass is 384 g/mol. The van der Waals surface area contributed by atoms with Gasteiger partial charge in [-0.1, -0.05) is 37.1 Å². The molecule has 1 saturated heterocycles. The van der Waals surface area contributed by atoms with E-state index in [9.17, 15) is 4.79 Å². The molecule has 2 aromatic rings. The Morgan fingerprint density at radius 2 is 1.79 bits per heavy atom. The number of nitrogens with one attached hydrogen (secondary N) is 1. The molecule has 0 saturated carbocycles. The van der Waals surface area contributed by atoms with Gasteiger partial charge in [0, 0.05) is 19.2 Å². The lowest BCUT2D eigenvalue weighted by molar-refractivity contribution is 0.0944. The van der Waals surface area contributed by atoms with Crippen LogP contribution in [0.4, 0.5) is 0 Å². The summed E-state index contributed by atoms with van der Waals surface area (Å²) in [6.07, 6.45) is 5.23. The number of amides is 1. The van der Waals surface area contributed by atoms with Crippen LogP contribution in [0.15, 0.2) is 30.3 Å². The van der Waals surface area contributed by atoms with E-state index in [4.69, 9.17) is 9.47 Å². The normalized spacial score (nSPS) is 14.9. The van der Waals surface area contributed by atoms with Crippen LogP contribution in [0.25, 0.3) is 0 Å². The number of likely N-dealkylation sites (tertiary alicyclic amines) is 1. The summed E-state index contributed by atoms with van der Waals surface area (Å²) in [5.41, 5.74) is 2.55. The first kappa shape index (κ1) is 20.1. The van der Waals surface area contributed by atoms with E-state index in [2.05, 4.69) is 32.3 Å². The summed E-state index contributed by atoms with van der Waals surface area (Å²) >= 11 is 0. The smallest absolute Gasteiger partial charge is 0.320 e. The Morgan fingerprint density at radius 1 is 1.04 bits per heavy atom. The first-order valence-corrected chi connectivity index (χ1v) is 9.73. The van der Waals surface area contributed by atoms with Crippen molar-refractivity contribution in [1.29, 1.82) is 0 Å². The highest BCUT2D eigenvalue weighted by atomic mass is 16.5. The van der Waals surface area contributed by atoms with Gasteiger partial charge in [-0.15, -0.1) is 0 Å². The lowest BCUT2D eigenvalue weighted by Crippen LogP contribution is -2.25. The minimum atomic E-state index is -0.295. The van der Waals surface area contributed by atoms with Crippen LogP contribution in [0, 0.1) is 0 Å². The van der Waals surface area contributed by atoms with Crippen LogP contribution in [0.2, 0.25) is 0 Å². The maximum atomic E-state index is 12.5. The number of ether oxygens (including phenoxy) is 2. The van der Waals surface area contributed by atoms with Crippen molar-refractivity contribution < 1.29 is 14.3 Å². The zero-order valence-electron chi connectivity index (χ0n) is 16.6. The molecule has 1 N–H and O–H groups in total. The highest BCUT2D eigenvalue weighted by Gasteiger charge is 2.13. The van der Waals surface area contributed by atoms with Gasteiger partial charge in [-0.3, -0.25) is 9.69 Å². The molecule has 2 heterocycles. The number of rotatable bonds is 7. The SMILES string of the molecule is COc1cc(C(=O)NCc2cccc(CN3CCCCCC3)c2)nc(OC)n1. The molecule has 1 aliphatic rings. The van der Waals surface area contributed by atoms with E-state index in [1.165, 1.54) is 64.6 Å². The Kier molecular flexibility index (Phi) is 7.19. The van der Waals surface area contributed by atoms with E-state index in [0.29, 0.717) is 6.54 Å². The summed E-state index contributed by atoms with van der Waals surface area (Å²) in [6, 6.07) is 9.97. The molecule has 1 aromatic carbocycles. The molecule has 0 atom stereocenters. The quantitative estimate of drug-likeness (QED) is 0.791. The Balaban J connectivity index is 1.60. The fourth-order valence-electron chi connectivity index (χ4n) is 3.38. The van der Waals surface area contributed by atoms with Gasteiger partial charge in [0.05, 0.1) is 14.2 Å². The topological polar surface area (TPSA) is 76.6 Å². The molecule has 1 amide bonds. The summed E-state index contributed by atoms with van der Waals surface area (Å²) in [5.74, 6) is -0.00614. The van der Waals surface area contributed by atoms with Gasteiger partial charge in [-0.25, -0.2) is 0 Å². The van der Waals surface area contributed by atoms with Crippen molar-refractivity contribution in [1.82, 2.24) is 20.2 Å². The van der Waals surface area contributed by atoms with Gasteiger partial charge < -0.3 is 14.8 Å². The Morgan fingerprint density at radius 3 is 2.50 bits per heavy atom. The van der Waals surface area contributed by atoms with Crippen molar-refractivity contribution in [2.45, 2.75) is 38.8 Å². The average Bonchev–Trinajstić information content (AvgIpc) is 3.00. The standard InChI is InChI=1S/C21H28N4O3/c1-27-19-13-18(23-21(24-19)28-2)20(26)22-14-16-8-7-9-17(12-16)15-25-10-5-3-4-6-11-25/h7-9,12-13H,3-6,10-11,14-15H2,1-2H3,(H,22,26). The van der Waals surface area contributed by atoms with E-state index in [0.717, 1.165) is 12.1 Å². The van der Waals surface area contributed by atoms with Crippen LogP contribution >= 0.6 is 0 Å². The summed E-state index contributed by atoms with van der Waals surface area (Å²) in [7, 11) is 2.94. The predicted octanol–water partition coefficient (Wildman–Crippen LogP) is 2.80. The molecule has 1 fully saturated rings. The van der Waals surface area contributed by atoms with E-state index >= 15 is 0 Å². The maximum absolute atomic E-state index is 12.5. The summed E-state index contributed by atoms with van der Waals surface area (Å²) in [5, 5.41) is 2.90. The highest BCUT2D eigenvalue weighted by molar-refractivity contribution is 5.92. The Labute approximate surface area is 166 Å². The molecule has 28 heavy (non-hydrogen) atoms. The van der Waals surface area contributed by atoms with E-state index in [1.54, 1.807) is 0 Å². The molecule has 3 rings (SSSR count). The Bertz CT molecular complexity index is 767. The third kappa shape index (κ3) is 5.66. The van der Waals surface area contributed by atoms with Gasteiger partial charge in [0.15, 0.2) is 0 Å². The maximum Gasteiger partial charge on any atom is 0.320 e. The minimum absolute atomic E-state index is 0.101. The lowest BCUT2D eigenvalue weighted by Gasteiger charge is -2.20. The first-order valence-electron chi connectivity index (χ1n) is 9.73. The van der Waals surface area contributed by atoms with Crippen LogP contribution in [0.3, 0.4) is 0 Å². The van der Waals surface area contributed by atoms with Crippen molar-refractivity contribution in [3.05, 3.63) is 47.2 Å². The van der Waals surface area contributed by atoms with Crippen LogP contribution < -0.4 is 14.8 Å². The predicted molar refractivity (Wildman–Crippen MR) is 106 cm³/mol. The van der Waals surface area contributed by atoms with Crippen LogP contribution in [-0.4, -0.2) is 48.1 Å². The van der Waals surface area contributed by atoms with Crippen LogP contribution in [0.1, 0.15) is 47.3 Å². The minimum Gasteiger partial charge on any atom is -0.481 e. The van der Waals surface area contributed by atoms with Crippen molar-refractivity contribution in [2.24, 2.45) is 0 Å². The van der Waals surface area contributed by atoms with E-state index in [-0.39, 0.29) is 23.5 Å². The zero-order chi connectivity index (χ0) is 19.8. The largest absolute Gasteiger partial charge is 0.481 e. The van der Waals surface area contributed by atoms with Gasteiger partial charge >= 0.3 is 6.01 Å². The molecule has 7 nitrogen and oxygen atoms in total.